The fourth-order valence-electron chi connectivity index (χ4n) is 1.44. The predicted molar refractivity (Wildman–Crippen MR) is 57.3 cm³/mol. The molecule has 0 radical (unpaired) electrons. The number of aromatic nitrogens is 2. The van der Waals surface area contributed by atoms with Gasteiger partial charge in [0.15, 0.2) is 0 Å². The average Bonchev–Trinajstić information content (AvgIpc) is 2.84. The maximum atomic E-state index is 5.46. The fraction of sp³-hybridized carbons (Fsp3) is 0.364. The molecule has 0 amide bonds. The van der Waals surface area contributed by atoms with Crippen LogP contribution in [0, 0.1) is 6.92 Å². The van der Waals surface area contributed by atoms with Crippen LogP contribution in [0.15, 0.2) is 28.9 Å². The van der Waals surface area contributed by atoms with Crippen molar-refractivity contribution in [2.24, 2.45) is 0 Å². The lowest BCUT2D eigenvalue weighted by Crippen LogP contribution is -2.18. The molecule has 4 nitrogen and oxygen atoms in total. The zero-order chi connectivity index (χ0) is 10.7. The molecule has 0 saturated carbocycles. The van der Waals surface area contributed by atoms with E-state index in [9.17, 15) is 0 Å². The lowest BCUT2D eigenvalue weighted by molar-refractivity contribution is 0.439. The first-order chi connectivity index (χ1) is 7.25. The molecule has 0 aliphatic carbocycles. The van der Waals surface area contributed by atoms with Gasteiger partial charge in [0.1, 0.15) is 17.3 Å². The van der Waals surface area contributed by atoms with E-state index in [1.165, 1.54) is 0 Å². The standard InChI is InChI=1S/C11H15N3O/c1-8-3-4-10(15-8)7-14-9(2)11-12-5-6-13-11/h3-6,9,14H,7H2,1-2H3,(H,12,13). The molecule has 2 heterocycles. The molecular formula is C11H15N3O. The smallest absolute Gasteiger partial charge is 0.122 e. The molecule has 1 atom stereocenters. The van der Waals surface area contributed by atoms with Crippen molar-refractivity contribution in [3.05, 3.63) is 41.9 Å². The van der Waals surface area contributed by atoms with Crippen molar-refractivity contribution in [1.82, 2.24) is 15.3 Å². The van der Waals surface area contributed by atoms with Crippen molar-refractivity contribution in [2.75, 3.05) is 0 Å². The topological polar surface area (TPSA) is 53.9 Å². The van der Waals surface area contributed by atoms with Crippen LogP contribution in [0.25, 0.3) is 0 Å². The number of nitrogens with zero attached hydrogens (tertiary/aromatic N) is 1. The molecule has 0 aliphatic rings. The number of aryl methyl sites for hydroxylation is 1. The van der Waals surface area contributed by atoms with E-state index in [4.69, 9.17) is 4.42 Å². The van der Waals surface area contributed by atoms with Crippen molar-refractivity contribution >= 4 is 0 Å². The number of rotatable bonds is 4. The molecule has 0 bridgehead atoms. The van der Waals surface area contributed by atoms with E-state index >= 15 is 0 Å². The molecule has 1 unspecified atom stereocenters. The summed E-state index contributed by atoms with van der Waals surface area (Å²) in [5.74, 6) is 2.83. The van der Waals surface area contributed by atoms with Crippen molar-refractivity contribution in [3.8, 4) is 0 Å². The Morgan fingerprint density at radius 1 is 1.53 bits per heavy atom. The first-order valence-electron chi connectivity index (χ1n) is 5.03. The number of furan rings is 1. The third-order valence-corrected chi connectivity index (χ3v) is 2.31. The Morgan fingerprint density at radius 2 is 2.40 bits per heavy atom. The van der Waals surface area contributed by atoms with Crippen molar-refractivity contribution < 1.29 is 4.42 Å². The predicted octanol–water partition coefficient (Wildman–Crippen LogP) is 2.16. The molecule has 4 heteroatoms. The third-order valence-electron chi connectivity index (χ3n) is 2.31. The molecule has 15 heavy (non-hydrogen) atoms. The zero-order valence-corrected chi connectivity index (χ0v) is 8.95. The lowest BCUT2D eigenvalue weighted by atomic mass is 10.3. The van der Waals surface area contributed by atoms with Crippen LogP contribution < -0.4 is 5.32 Å². The van der Waals surface area contributed by atoms with E-state index in [2.05, 4.69) is 22.2 Å². The molecule has 2 N–H and O–H groups in total. The quantitative estimate of drug-likeness (QED) is 0.804. The SMILES string of the molecule is Cc1ccc(CNC(C)c2ncc[nH]2)o1. The van der Waals surface area contributed by atoms with E-state index in [1.54, 1.807) is 6.20 Å². The molecule has 2 aromatic heterocycles. The molecule has 2 aromatic rings. The summed E-state index contributed by atoms with van der Waals surface area (Å²) in [5.41, 5.74) is 0. The number of nitrogens with one attached hydrogen (secondary N) is 2. The summed E-state index contributed by atoms with van der Waals surface area (Å²) in [4.78, 5) is 7.26. The maximum Gasteiger partial charge on any atom is 0.122 e. The Kier molecular flexibility index (Phi) is 2.87. The first-order valence-corrected chi connectivity index (χ1v) is 5.03. The Balaban J connectivity index is 1.88. The van der Waals surface area contributed by atoms with Crippen molar-refractivity contribution in [3.63, 3.8) is 0 Å². The maximum absolute atomic E-state index is 5.46. The number of aromatic amines is 1. The van der Waals surface area contributed by atoms with Gasteiger partial charge in [-0.3, -0.25) is 0 Å². The lowest BCUT2D eigenvalue weighted by Gasteiger charge is -2.09. The number of imidazole rings is 1. The van der Waals surface area contributed by atoms with E-state index < -0.39 is 0 Å². The van der Waals surface area contributed by atoms with Crippen LogP contribution in [0.3, 0.4) is 0 Å². The Hall–Kier alpha value is -1.55. The molecule has 0 aliphatic heterocycles. The van der Waals surface area contributed by atoms with Crippen LogP contribution in [0.1, 0.15) is 30.3 Å². The minimum absolute atomic E-state index is 0.199. The van der Waals surface area contributed by atoms with Gasteiger partial charge in [0.25, 0.3) is 0 Å². The third kappa shape index (κ3) is 2.47. The first kappa shape index (κ1) is 9.98. The van der Waals surface area contributed by atoms with Gasteiger partial charge >= 0.3 is 0 Å². The molecular weight excluding hydrogens is 190 g/mol. The van der Waals surface area contributed by atoms with Gasteiger partial charge in [0.2, 0.25) is 0 Å². The van der Waals surface area contributed by atoms with Gasteiger partial charge in [0, 0.05) is 12.4 Å². The Bertz CT molecular complexity index is 405. The fourth-order valence-corrected chi connectivity index (χ4v) is 1.44. The average molecular weight is 205 g/mol. The second-order valence-electron chi connectivity index (χ2n) is 3.59. The summed E-state index contributed by atoms with van der Waals surface area (Å²) in [7, 11) is 0. The number of hydrogen-bond donors (Lipinski definition) is 2. The van der Waals surface area contributed by atoms with Gasteiger partial charge in [-0.2, -0.15) is 0 Å². The number of H-pyrrole nitrogens is 1. The minimum Gasteiger partial charge on any atom is -0.465 e. The van der Waals surface area contributed by atoms with Crippen LogP contribution in [0.4, 0.5) is 0 Å². The normalized spacial score (nSPS) is 12.9. The van der Waals surface area contributed by atoms with Gasteiger partial charge in [-0.1, -0.05) is 0 Å². The highest BCUT2D eigenvalue weighted by molar-refractivity contribution is 5.05. The van der Waals surface area contributed by atoms with Crippen LogP contribution >= 0.6 is 0 Å². The number of hydrogen-bond acceptors (Lipinski definition) is 3. The van der Waals surface area contributed by atoms with Crippen LogP contribution in [0.5, 0.6) is 0 Å². The molecule has 0 spiro atoms. The largest absolute Gasteiger partial charge is 0.465 e. The van der Waals surface area contributed by atoms with Crippen LogP contribution in [-0.4, -0.2) is 9.97 Å². The van der Waals surface area contributed by atoms with E-state index in [-0.39, 0.29) is 6.04 Å². The zero-order valence-electron chi connectivity index (χ0n) is 8.95. The summed E-state index contributed by atoms with van der Waals surface area (Å²) in [6.07, 6.45) is 3.58. The Labute approximate surface area is 88.7 Å². The summed E-state index contributed by atoms with van der Waals surface area (Å²) < 4.78 is 5.46. The minimum atomic E-state index is 0.199. The van der Waals surface area contributed by atoms with E-state index in [0.717, 1.165) is 23.9 Å². The molecule has 0 fully saturated rings. The summed E-state index contributed by atoms with van der Waals surface area (Å²) >= 11 is 0. The monoisotopic (exact) mass is 205 g/mol. The highest BCUT2D eigenvalue weighted by Crippen LogP contribution is 2.09. The van der Waals surface area contributed by atoms with Crippen LogP contribution in [-0.2, 0) is 6.54 Å². The van der Waals surface area contributed by atoms with Crippen molar-refractivity contribution in [2.45, 2.75) is 26.4 Å². The van der Waals surface area contributed by atoms with E-state index in [1.807, 2.05) is 25.3 Å². The van der Waals surface area contributed by atoms with Gasteiger partial charge in [-0.15, -0.1) is 0 Å². The van der Waals surface area contributed by atoms with E-state index in [0.29, 0.717) is 0 Å². The molecule has 0 aromatic carbocycles. The Morgan fingerprint density at radius 3 is 3.00 bits per heavy atom. The molecule has 2 rings (SSSR count). The summed E-state index contributed by atoms with van der Waals surface area (Å²) in [5, 5.41) is 3.33. The summed E-state index contributed by atoms with van der Waals surface area (Å²) in [6.45, 7) is 4.73. The molecule has 80 valence electrons. The van der Waals surface area contributed by atoms with Gasteiger partial charge < -0.3 is 14.7 Å². The van der Waals surface area contributed by atoms with Crippen LogP contribution in [0.2, 0.25) is 0 Å². The second-order valence-corrected chi connectivity index (χ2v) is 3.59. The van der Waals surface area contributed by atoms with Gasteiger partial charge in [-0.05, 0) is 26.0 Å². The summed E-state index contributed by atoms with van der Waals surface area (Å²) in [6, 6.07) is 4.15. The highest BCUT2D eigenvalue weighted by Gasteiger charge is 2.07. The highest BCUT2D eigenvalue weighted by atomic mass is 16.3. The van der Waals surface area contributed by atoms with Crippen molar-refractivity contribution in [1.29, 1.82) is 0 Å². The molecule has 0 saturated heterocycles. The second kappa shape index (κ2) is 4.31. The van der Waals surface area contributed by atoms with Gasteiger partial charge in [-0.25, -0.2) is 4.98 Å². The van der Waals surface area contributed by atoms with Gasteiger partial charge in [0.05, 0.1) is 12.6 Å².